The van der Waals surface area contributed by atoms with Gasteiger partial charge in [0.2, 0.25) is 5.95 Å². The summed E-state index contributed by atoms with van der Waals surface area (Å²) >= 11 is 6.40. The molecule has 184 valence electrons. The third-order valence-corrected chi connectivity index (χ3v) is 6.51. The van der Waals surface area contributed by atoms with E-state index in [0.29, 0.717) is 49.6 Å². The lowest BCUT2D eigenvalue weighted by molar-refractivity contribution is 0.122. The van der Waals surface area contributed by atoms with Gasteiger partial charge in [0.15, 0.2) is 5.82 Å². The Balaban J connectivity index is 1.44. The van der Waals surface area contributed by atoms with Crippen molar-refractivity contribution in [3.8, 4) is 17.3 Å². The first-order valence-electron chi connectivity index (χ1n) is 11.6. The standard InChI is InChI=1S/C24H27ClFN7O2/c1-16-15-32(22-19(25)14-27-24(30-22)34-2)7-8-33(16)21-13-20(17-3-5-18(26)6-4-17)28-23(29-21)31-9-11-35-12-10-31/h3-6,13-14,16H,7-12,15H2,1-2H3. The Morgan fingerprint density at radius 2 is 1.80 bits per heavy atom. The van der Waals surface area contributed by atoms with Crippen molar-refractivity contribution in [3.63, 3.8) is 0 Å². The summed E-state index contributed by atoms with van der Waals surface area (Å²) in [5.41, 5.74) is 1.60. The molecule has 0 aliphatic carbocycles. The molecule has 3 aromatic rings. The number of nitrogens with zero attached hydrogens (tertiary/aromatic N) is 7. The Morgan fingerprint density at radius 3 is 2.51 bits per heavy atom. The van der Waals surface area contributed by atoms with E-state index in [9.17, 15) is 4.39 Å². The number of rotatable bonds is 5. The first kappa shape index (κ1) is 23.5. The molecule has 1 atom stereocenters. The molecule has 0 N–H and O–H groups in total. The number of benzene rings is 1. The van der Waals surface area contributed by atoms with Gasteiger partial charge in [-0.2, -0.15) is 9.97 Å². The third kappa shape index (κ3) is 5.08. The summed E-state index contributed by atoms with van der Waals surface area (Å²) in [6.45, 7) is 6.98. The van der Waals surface area contributed by atoms with Crippen molar-refractivity contribution in [2.45, 2.75) is 13.0 Å². The van der Waals surface area contributed by atoms with Crippen LogP contribution in [0.4, 0.5) is 22.0 Å². The summed E-state index contributed by atoms with van der Waals surface area (Å²) in [6, 6.07) is 8.78. The van der Waals surface area contributed by atoms with Gasteiger partial charge in [0, 0.05) is 50.4 Å². The Bertz CT molecular complexity index is 1180. The fourth-order valence-corrected chi connectivity index (χ4v) is 4.61. The lowest BCUT2D eigenvalue weighted by atomic mass is 10.1. The number of piperazine rings is 1. The van der Waals surface area contributed by atoms with E-state index in [1.807, 2.05) is 6.07 Å². The van der Waals surface area contributed by atoms with Crippen molar-refractivity contribution in [3.05, 3.63) is 47.4 Å². The number of halogens is 2. The van der Waals surface area contributed by atoms with Gasteiger partial charge in [-0.25, -0.2) is 14.4 Å². The van der Waals surface area contributed by atoms with Crippen LogP contribution in [0.1, 0.15) is 6.92 Å². The summed E-state index contributed by atoms with van der Waals surface area (Å²) in [4.78, 5) is 24.8. The van der Waals surface area contributed by atoms with Crippen LogP contribution in [0.2, 0.25) is 5.02 Å². The maximum atomic E-state index is 13.6. The van der Waals surface area contributed by atoms with Gasteiger partial charge in [0.25, 0.3) is 0 Å². The minimum absolute atomic E-state index is 0.120. The zero-order chi connectivity index (χ0) is 24.4. The van der Waals surface area contributed by atoms with Crippen LogP contribution >= 0.6 is 11.6 Å². The van der Waals surface area contributed by atoms with Crippen LogP contribution in [0.3, 0.4) is 0 Å². The third-order valence-electron chi connectivity index (χ3n) is 6.24. The van der Waals surface area contributed by atoms with E-state index < -0.39 is 0 Å². The first-order valence-corrected chi connectivity index (χ1v) is 12.0. The number of hydrogen-bond acceptors (Lipinski definition) is 9. The van der Waals surface area contributed by atoms with E-state index >= 15 is 0 Å². The smallest absolute Gasteiger partial charge is 0.318 e. The van der Waals surface area contributed by atoms with Crippen molar-refractivity contribution in [2.24, 2.45) is 0 Å². The van der Waals surface area contributed by atoms with Crippen molar-refractivity contribution < 1.29 is 13.9 Å². The lowest BCUT2D eigenvalue weighted by Gasteiger charge is -2.41. The van der Waals surface area contributed by atoms with E-state index in [-0.39, 0.29) is 17.9 Å². The molecule has 9 nitrogen and oxygen atoms in total. The van der Waals surface area contributed by atoms with Gasteiger partial charge >= 0.3 is 6.01 Å². The van der Waals surface area contributed by atoms with Gasteiger partial charge in [-0.1, -0.05) is 11.6 Å². The molecule has 0 bridgehead atoms. The lowest BCUT2D eigenvalue weighted by Crippen LogP contribution is -2.53. The number of ether oxygens (including phenoxy) is 2. The first-order chi connectivity index (χ1) is 17.0. The highest BCUT2D eigenvalue weighted by molar-refractivity contribution is 6.32. The fourth-order valence-electron chi connectivity index (χ4n) is 4.40. The molecule has 0 amide bonds. The normalized spacial score (nSPS) is 18.6. The number of methoxy groups -OCH3 is 1. The zero-order valence-electron chi connectivity index (χ0n) is 19.7. The molecular formula is C24H27ClFN7O2. The summed E-state index contributed by atoms with van der Waals surface area (Å²) in [7, 11) is 1.54. The Labute approximate surface area is 208 Å². The van der Waals surface area contributed by atoms with Gasteiger partial charge in [-0.05, 0) is 31.2 Å². The van der Waals surface area contributed by atoms with Crippen molar-refractivity contribution >= 4 is 29.2 Å². The van der Waals surface area contributed by atoms with Crippen LogP contribution in [0.15, 0.2) is 36.5 Å². The quantitative estimate of drug-likeness (QED) is 0.525. The van der Waals surface area contributed by atoms with E-state index in [1.54, 1.807) is 18.3 Å². The monoisotopic (exact) mass is 499 g/mol. The summed E-state index contributed by atoms with van der Waals surface area (Å²) in [6.07, 6.45) is 1.56. The van der Waals surface area contributed by atoms with Crippen LogP contribution in [0, 0.1) is 5.82 Å². The molecule has 1 aromatic carbocycles. The SMILES string of the molecule is COc1ncc(Cl)c(N2CCN(c3cc(-c4ccc(F)cc4)nc(N4CCOCC4)n3)C(C)C2)n1. The molecule has 35 heavy (non-hydrogen) atoms. The van der Waals surface area contributed by atoms with Gasteiger partial charge in [0.05, 0.1) is 32.2 Å². The minimum Gasteiger partial charge on any atom is -0.467 e. The largest absolute Gasteiger partial charge is 0.467 e. The summed E-state index contributed by atoms with van der Waals surface area (Å²) in [5.74, 6) is 1.87. The molecule has 2 fully saturated rings. The van der Waals surface area contributed by atoms with E-state index in [1.165, 1.54) is 19.2 Å². The maximum Gasteiger partial charge on any atom is 0.318 e. The average Bonchev–Trinajstić information content (AvgIpc) is 2.89. The highest BCUT2D eigenvalue weighted by Gasteiger charge is 2.28. The molecule has 0 radical (unpaired) electrons. The predicted molar refractivity (Wildman–Crippen MR) is 133 cm³/mol. The topological polar surface area (TPSA) is 79.7 Å². The van der Waals surface area contributed by atoms with E-state index in [2.05, 4.69) is 31.6 Å². The van der Waals surface area contributed by atoms with Gasteiger partial charge in [-0.3, -0.25) is 0 Å². The molecule has 0 spiro atoms. The number of hydrogen-bond donors (Lipinski definition) is 0. The predicted octanol–water partition coefficient (Wildman–Crippen LogP) is 3.29. The molecular weight excluding hydrogens is 473 g/mol. The second-order valence-corrected chi connectivity index (χ2v) is 8.94. The molecule has 5 rings (SSSR count). The van der Waals surface area contributed by atoms with Gasteiger partial charge in [-0.15, -0.1) is 0 Å². The Morgan fingerprint density at radius 1 is 1.03 bits per heavy atom. The van der Waals surface area contributed by atoms with Gasteiger partial charge in [0.1, 0.15) is 16.7 Å². The Hall–Kier alpha value is -3.24. The minimum atomic E-state index is -0.277. The second kappa shape index (κ2) is 10.2. The highest BCUT2D eigenvalue weighted by atomic mass is 35.5. The molecule has 2 aromatic heterocycles. The number of morpholine rings is 1. The van der Waals surface area contributed by atoms with Gasteiger partial charge < -0.3 is 24.2 Å². The van der Waals surface area contributed by atoms with Crippen LogP contribution < -0.4 is 19.4 Å². The summed E-state index contributed by atoms with van der Waals surface area (Å²) in [5, 5.41) is 0.488. The van der Waals surface area contributed by atoms with E-state index in [4.69, 9.17) is 31.0 Å². The van der Waals surface area contributed by atoms with Crippen LogP contribution in [0.5, 0.6) is 6.01 Å². The molecule has 1 unspecified atom stereocenters. The fraction of sp³-hybridized carbons (Fsp3) is 0.417. The van der Waals surface area contributed by atoms with Crippen molar-refractivity contribution in [1.82, 2.24) is 19.9 Å². The number of aromatic nitrogens is 4. The van der Waals surface area contributed by atoms with Crippen LogP contribution in [-0.4, -0.2) is 79.0 Å². The second-order valence-electron chi connectivity index (χ2n) is 8.53. The van der Waals surface area contributed by atoms with E-state index in [0.717, 1.165) is 30.2 Å². The highest BCUT2D eigenvalue weighted by Crippen LogP contribution is 2.31. The molecule has 11 heteroatoms. The van der Waals surface area contributed by atoms with Crippen LogP contribution in [-0.2, 0) is 4.74 Å². The van der Waals surface area contributed by atoms with Crippen molar-refractivity contribution in [2.75, 3.05) is 67.7 Å². The maximum absolute atomic E-state index is 13.6. The number of anilines is 3. The molecule has 2 aliphatic rings. The molecule has 2 saturated heterocycles. The van der Waals surface area contributed by atoms with Crippen molar-refractivity contribution in [1.29, 1.82) is 0 Å². The molecule has 0 saturated carbocycles. The molecule has 2 aliphatic heterocycles. The van der Waals surface area contributed by atoms with Crippen LogP contribution in [0.25, 0.3) is 11.3 Å². The summed E-state index contributed by atoms with van der Waals surface area (Å²) < 4.78 is 24.2. The average molecular weight is 500 g/mol. The molecule has 4 heterocycles. The zero-order valence-corrected chi connectivity index (χ0v) is 20.5. The Kier molecular flexibility index (Phi) is 6.83.